The molecule has 0 spiro atoms. The number of hydrogen-bond donors (Lipinski definition) is 0. The Morgan fingerprint density at radius 1 is 1.30 bits per heavy atom. The first-order valence-electron chi connectivity index (χ1n) is 9.49. The molecule has 27 heavy (non-hydrogen) atoms. The van der Waals surface area contributed by atoms with Gasteiger partial charge >= 0.3 is 6.09 Å². The van der Waals surface area contributed by atoms with Crippen LogP contribution in [0.4, 0.5) is 4.79 Å². The molecule has 2 aromatic rings. The number of ether oxygens (including phenoxy) is 2. The highest BCUT2D eigenvalue weighted by atomic mass is 16.6. The Labute approximate surface area is 159 Å². The zero-order valence-electron chi connectivity index (χ0n) is 15.7. The van der Waals surface area contributed by atoms with Crippen LogP contribution in [0.15, 0.2) is 36.7 Å². The highest BCUT2D eigenvalue weighted by molar-refractivity contribution is 5.68. The third kappa shape index (κ3) is 4.14. The van der Waals surface area contributed by atoms with Crippen LogP contribution in [-0.2, 0) is 23.1 Å². The molecule has 1 saturated heterocycles. The minimum atomic E-state index is -0.244. The number of amides is 1. The van der Waals surface area contributed by atoms with E-state index in [1.807, 2.05) is 25.5 Å². The van der Waals surface area contributed by atoms with E-state index in [9.17, 15) is 4.79 Å². The molecule has 1 atom stereocenters. The number of morpholine rings is 1. The molecule has 0 aliphatic carbocycles. The number of carbonyl (C=O) groups is 1. The molecule has 2 aliphatic heterocycles. The van der Waals surface area contributed by atoms with E-state index in [0.717, 1.165) is 38.4 Å². The summed E-state index contributed by atoms with van der Waals surface area (Å²) in [6.07, 6.45) is 3.66. The highest BCUT2D eigenvalue weighted by Crippen LogP contribution is 2.33. The molecule has 2 aliphatic rings. The van der Waals surface area contributed by atoms with E-state index in [-0.39, 0.29) is 12.0 Å². The van der Waals surface area contributed by atoms with Crippen molar-refractivity contribution < 1.29 is 14.3 Å². The van der Waals surface area contributed by atoms with Crippen LogP contribution in [-0.4, -0.2) is 71.7 Å². The summed E-state index contributed by atoms with van der Waals surface area (Å²) in [6.45, 7) is 5.67. The van der Waals surface area contributed by atoms with Crippen LogP contribution >= 0.6 is 0 Å². The van der Waals surface area contributed by atoms with Gasteiger partial charge in [-0.15, -0.1) is 0 Å². The molecule has 1 aromatic heterocycles. The van der Waals surface area contributed by atoms with Gasteiger partial charge in [-0.3, -0.25) is 9.58 Å². The zero-order chi connectivity index (χ0) is 18.6. The van der Waals surface area contributed by atoms with E-state index in [4.69, 9.17) is 9.47 Å². The molecule has 144 valence electrons. The van der Waals surface area contributed by atoms with Crippen LogP contribution in [0.3, 0.4) is 0 Å². The number of fused-ring (bicyclic) bond motifs is 1. The average molecular weight is 370 g/mol. The Hall–Kier alpha value is -2.38. The van der Waals surface area contributed by atoms with Crippen molar-refractivity contribution in [3.05, 3.63) is 53.3 Å². The fourth-order valence-electron chi connectivity index (χ4n) is 3.83. The number of nitrogens with zero attached hydrogens (tertiary/aromatic N) is 4. The summed E-state index contributed by atoms with van der Waals surface area (Å²) in [5.41, 5.74) is 3.56. The quantitative estimate of drug-likeness (QED) is 0.822. The Morgan fingerprint density at radius 3 is 2.89 bits per heavy atom. The number of carbonyl (C=O) groups excluding carboxylic acids is 1. The van der Waals surface area contributed by atoms with Gasteiger partial charge < -0.3 is 14.4 Å². The minimum absolute atomic E-state index is 0.121. The molecule has 0 unspecified atom stereocenters. The molecule has 0 saturated carbocycles. The fourth-order valence-corrected chi connectivity index (χ4v) is 3.83. The second-order valence-corrected chi connectivity index (χ2v) is 7.15. The first-order valence-corrected chi connectivity index (χ1v) is 9.49. The van der Waals surface area contributed by atoms with Crippen molar-refractivity contribution in [2.75, 3.05) is 46.0 Å². The van der Waals surface area contributed by atoms with Gasteiger partial charge in [-0.05, 0) is 16.7 Å². The van der Waals surface area contributed by atoms with Crippen molar-refractivity contribution in [1.82, 2.24) is 19.6 Å². The van der Waals surface area contributed by atoms with E-state index in [0.29, 0.717) is 19.7 Å². The van der Waals surface area contributed by atoms with Gasteiger partial charge in [0.25, 0.3) is 0 Å². The van der Waals surface area contributed by atoms with E-state index in [1.165, 1.54) is 11.1 Å². The molecule has 7 heteroatoms. The van der Waals surface area contributed by atoms with Gasteiger partial charge in [0, 0.05) is 51.9 Å². The van der Waals surface area contributed by atoms with E-state index in [1.54, 1.807) is 9.58 Å². The number of benzene rings is 1. The maximum atomic E-state index is 12.7. The third-order valence-corrected chi connectivity index (χ3v) is 5.32. The van der Waals surface area contributed by atoms with Crippen molar-refractivity contribution in [2.45, 2.75) is 12.5 Å². The number of aryl methyl sites for hydroxylation is 1. The van der Waals surface area contributed by atoms with Crippen molar-refractivity contribution in [1.29, 1.82) is 0 Å². The van der Waals surface area contributed by atoms with Gasteiger partial charge in [-0.2, -0.15) is 5.10 Å². The summed E-state index contributed by atoms with van der Waals surface area (Å²) in [5.74, 6) is 0.121. The van der Waals surface area contributed by atoms with Gasteiger partial charge in [0.05, 0.1) is 19.4 Å². The summed E-state index contributed by atoms with van der Waals surface area (Å²) in [7, 11) is 1.91. The first-order chi connectivity index (χ1) is 13.2. The monoisotopic (exact) mass is 370 g/mol. The van der Waals surface area contributed by atoms with Crippen LogP contribution < -0.4 is 0 Å². The summed E-state index contributed by atoms with van der Waals surface area (Å²) in [6, 6.07) is 8.31. The summed E-state index contributed by atoms with van der Waals surface area (Å²) in [5, 5.41) is 4.30. The second-order valence-electron chi connectivity index (χ2n) is 7.15. The lowest BCUT2D eigenvalue weighted by Crippen LogP contribution is -2.41. The summed E-state index contributed by atoms with van der Waals surface area (Å²) in [4.78, 5) is 16.7. The van der Waals surface area contributed by atoms with E-state index >= 15 is 0 Å². The molecule has 0 bridgehead atoms. The standard InChI is InChI=1S/C20H26N4O3/c1-22-13-17(12-21-22)19-15-24(14-16-4-2-3-5-18(16)19)20(25)27-11-8-23-6-9-26-10-7-23/h2-5,12-13,19H,6-11,14-15H2,1H3/t19-/m1/s1. The smallest absolute Gasteiger partial charge is 0.410 e. The lowest BCUT2D eigenvalue weighted by atomic mass is 9.86. The Balaban J connectivity index is 1.41. The van der Waals surface area contributed by atoms with Gasteiger partial charge in [0.15, 0.2) is 0 Å². The SMILES string of the molecule is Cn1cc([C@H]2CN(C(=O)OCCN3CCOCC3)Cc3ccccc32)cn1. The maximum Gasteiger partial charge on any atom is 0.410 e. The number of aromatic nitrogens is 2. The van der Waals surface area contributed by atoms with Crippen LogP contribution in [0.1, 0.15) is 22.6 Å². The predicted octanol–water partition coefficient (Wildman–Crippen LogP) is 1.84. The van der Waals surface area contributed by atoms with Crippen molar-refractivity contribution in [3.8, 4) is 0 Å². The van der Waals surface area contributed by atoms with Gasteiger partial charge in [-0.1, -0.05) is 24.3 Å². The summed E-state index contributed by atoms with van der Waals surface area (Å²) < 4.78 is 12.7. The molecule has 0 N–H and O–H groups in total. The van der Waals surface area contributed by atoms with Crippen LogP contribution in [0.25, 0.3) is 0 Å². The molecular weight excluding hydrogens is 344 g/mol. The largest absolute Gasteiger partial charge is 0.448 e. The van der Waals surface area contributed by atoms with Crippen molar-refractivity contribution in [2.24, 2.45) is 7.05 Å². The molecule has 4 rings (SSSR count). The lowest BCUT2D eigenvalue weighted by molar-refractivity contribution is 0.0241. The van der Waals surface area contributed by atoms with Crippen LogP contribution in [0.2, 0.25) is 0 Å². The predicted molar refractivity (Wildman–Crippen MR) is 101 cm³/mol. The molecule has 7 nitrogen and oxygen atoms in total. The summed E-state index contributed by atoms with van der Waals surface area (Å²) >= 11 is 0. The molecule has 1 aromatic carbocycles. The molecule has 1 amide bonds. The molecule has 1 fully saturated rings. The second kappa shape index (κ2) is 8.10. The number of rotatable bonds is 4. The third-order valence-electron chi connectivity index (χ3n) is 5.32. The van der Waals surface area contributed by atoms with E-state index in [2.05, 4.69) is 28.2 Å². The highest BCUT2D eigenvalue weighted by Gasteiger charge is 2.30. The number of hydrogen-bond acceptors (Lipinski definition) is 5. The minimum Gasteiger partial charge on any atom is -0.448 e. The van der Waals surface area contributed by atoms with Gasteiger partial charge in [0.1, 0.15) is 6.61 Å². The molecule has 0 radical (unpaired) electrons. The normalized spacial score (nSPS) is 20.3. The van der Waals surface area contributed by atoms with Crippen molar-refractivity contribution >= 4 is 6.09 Å². The topological polar surface area (TPSA) is 59.8 Å². The Morgan fingerprint density at radius 2 is 2.11 bits per heavy atom. The Kier molecular flexibility index (Phi) is 5.40. The average Bonchev–Trinajstić information content (AvgIpc) is 3.14. The first kappa shape index (κ1) is 18.0. The lowest BCUT2D eigenvalue weighted by Gasteiger charge is -2.34. The van der Waals surface area contributed by atoms with E-state index < -0.39 is 0 Å². The maximum absolute atomic E-state index is 12.7. The van der Waals surface area contributed by atoms with Gasteiger partial charge in [0.2, 0.25) is 0 Å². The van der Waals surface area contributed by atoms with Crippen molar-refractivity contribution in [3.63, 3.8) is 0 Å². The molecular formula is C20H26N4O3. The molecule has 3 heterocycles. The zero-order valence-corrected chi connectivity index (χ0v) is 15.7. The van der Waals surface area contributed by atoms with Crippen LogP contribution in [0.5, 0.6) is 0 Å². The fraction of sp³-hybridized carbons (Fsp3) is 0.500. The van der Waals surface area contributed by atoms with Crippen LogP contribution in [0, 0.1) is 0 Å². The Bertz CT molecular complexity index is 785. The van der Waals surface area contributed by atoms with Gasteiger partial charge in [-0.25, -0.2) is 4.79 Å².